The van der Waals surface area contributed by atoms with Gasteiger partial charge in [0.05, 0.1) is 0 Å². The number of hydrogen-bond donors (Lipinski definition) is 0. The van der Waals surface area contributed by atoms with Crippen molar-refractivity contribution in [3.63, 3.8) is 0 Å². The monoisotopic (exact) mass is 241 g/mol. The summed E-state index contributed by atoms with van der Waals surface area (Å²) in [4.78, 5) is 0. The molecule has 2 atom stereocenters. The molecule has 0 N–H and O–H groups in total. The molecule has 4 heteroatoms. The van der Waals surface area contributed by atoms with Gasteiger partial charge in [0, 0.05) is 8.41 Å². The maximum atomic E-state index is 0. The zero-order valence-corrected chi connectivity index (χ0v) is 6.37. The van der Waals surface area contributed by atoms with Crippen LogP contribution in [0, 0.1) is 0 Å². The van der Waals surface area contributed by atoms with Crippen LogP contribution in [0.4, 0.5) is 0 Å². The fourth-order valence-electron chi connectivity index (χ4n) is 0. The SMILES string of the molecule is P.[AsH3].[B].[InH3]. The first-order chi connectivity index (χ1) is 0. The molecule has 4 heavy (non-hydrogen) atoms. The second-order valence-electron chi connectivity index (χ2n) is 0. The third kappa shape index (κ3) is 9.06. The Kier molecular flexibility index (Phi) is 199. The van der Waals surface area contributed by atoms with Crippen LogP contribution in [0.3, 0.4) is 0 Å². The van der Waals surface area contributed by atoms with Crippen LogP contribution in [0.1, 0.15) is 0 Å². The van der Waals surface area contributed by atoms with Crippen LogP contribution in [-0.2, 0) is 0 Å². The van der Waals surface area contributed by atoms with Crippen LogP contribution in [0.5, 0.6) is 0 Å². The van der Waals surface area contributed by atoms with Crippen molar-refractivity contribution in [1.82, 2.24) is 0 Å². The van der Waals surface area contributed by atoms with Crippen LogP contribution in [0.15, 0.2) is 0 Å². The van der Waals surface area contributed by atoms with Gasteiger partial charge in [0.2, 0.25) is 0 Å². The van der Waals surface area contributed by atoms with E-state index >= 15 is 0 Å². The van der Waals surface area contributed by atoms with Gasteiger partial charge >= 0.3 is 43.8 Å². The van der Waals surface area contributed by atoms with Crippen molar-refractivity contribution >= 4 is 62.1 Å². The van der Waals surface area contributed by atoms with Crippen molar-refractivity contribution < 1.29 is 0 Å². The van der Waals surface area contributed by atoms with Crippen LogP contribution < -0.4 is 0 Å². The molecule has 0 saturated carbocycles. The molecular formula is H9AsBInP. The van der Waals surface area contributed by atoms with E-state index < -0.39 is 0 Å². The predicted molar refractivity (Wildman–Crippen MR) is 36.7 cm³/mol. The Morgan fingerprint density at radius 2 is 1.00 bits per heavy atom. The van der Waals surface area contributed by atoms with Crippen molar-refractivity contribution in [2.75, 3.05) is 0 Å². The average molecular weight is 241 g/mol. The summed E-state index contributed by atoms with van der Waals surface area (Å²) >= 11 is 0. The molecule has 0 amide bonds. The Hall–Kier alpha value is 1.92. The van der Waals surface area contributed by atoms with E-state index in [9.17, 15) is 0 Å². The van der Waals surface area contributed by atoms with Gasteiger partial charge in [0.1, 0.15) is 0 Å². The normalized spacial score (nSPS) is 0. The molecule has 0 rings (SSSR count). The zero-order chi connectivity index (χ0) is 0. The summed E-state index contributed by atoms with van der Waals surface area (Å²) in [7, 11) is 0. The van der Waals surface area contributed by atoms with E-state index in [0.29, 0.717) is 0 Å². The molecule has 0 saturated heterocycles. The molecule has 0 spiro atoms. The van der Waals surface area contributed by atoms with Gasteiger partial charge in [-0.25, -0.2) is 0 Å². The van der Waals surface area contributed by atoms with Crippen molar-refractivity contribution in [1.29, 1.82) is 0 Å². The molecule has 2 unspecified atom stereocenters. The fraction of sp³-hybridized carbons (Fsp3) is 0. The zero-order valence-electron chi connectivity index (χ0n) is 1.99. The molecule has 3 radical (unpaired) electrons. The topological polar surface area (TPSA) is 0 Å². The van der Waals surface area contributed by atoms with E-state index in [1.165, 1.54) is 0 Å². The van der Waals surface area contributed by atoms with E-state index in [1.54, 1.807) is 0 Å². The molecule has 0 aliphatic carbocycles. The summed E-state index contributed by atoms with van der Waals surface area (Å²) in [6, 6.07) is 0. The molecule has 0 aromatic carbocycles. The van der Waals surface area contributed by atoms with Crippen LogP contribution in [0.25, 0.3) is 0 Å². The molecule has 0 aromatic heterocycles. The molecule has 0 heterocycles. The second-order valence-corrected chi connectivity index (χ2v) is 0. The van der Waals surface area contributed by atoms with E-state index in [2.05, 4.69) is 0 Å². The van der Waals surface area contributed by atoms with Gasteiger partial charge in [-0.2, -0.15) is 9.90 Å². The minimum atomic E-state index is 0. The molecule has 0 aliphatic rings. The Balaban J connectivity index is 0. The standard InChI is InChI=1S/AsH3.B.In.H3P.3H/h1H3;;;1H3;;;. The van der Waals surface area contributed by atoms with E-state index in [-0.39, 0.29) is 62.1 Å². The van der Waals surface area contributed by atoms with E-state index in [4.69, 9.17) is 0 Å². The second kappa shape index (κ2) is 20.5. The van der Waals surface area contributed by atoms with Gasteiger partial charge in [-0.05, 0) is 0 Å². The summed E-state index contributed by atoms with van der Waals surface area (Å²) < 4.78 is 0. The molecule has 0 aliphatic heterocycles. The summed E-state index contributed by atoms with van der Waals surface area (Å²) in [5.74, 6) is 0. The summed E-state index contributed by atoms with van der Waals surface area (Å²) in [5, 5.41) is 0. The quantitative estimate of drug-likeness (QED) is 0.320. The number of rotatable bonds is 0. The Labute approximate surface area is 61.8 Å². The van der Waals surface area contributed by atoms with Gasteiger partial charge in [-0.3, -0.25) is 0 Å². The molecule has 0 bridgehead atoms. The Bertz CT molecular complexity index is 8.00. The van der Waals surface area contributed by atoms with Crippen LogP contribution in [0.2, 0.25) is 0 Å². The maximum absolute atomic E-state index is 0. The first-order valence-electron chi connectivity index (χ1n) is 0. The molecule has 25 valence electrons. The van der Waals surface area contributed by atoms with E-state index in [1.807, 2.05) is 0 Å². The fourth-order valence-corrected chi connectivity index (χ4v) is 0. The van der Waals surface area contributed by atoms with Gasteiger partial charge in [0.25, 0.3) is 0 Å². The molecule has 0 fully saturated rings. The van der Waals surface area contributed by atoms with E-state index in [0.717, 1.165) is 0 Å². The van der Waals surface area contributed by atoms with Gasteiger partial charge in [0.15, 0.2) is 0 Å². The summed E-state index contributed by atoms with van der Waals surface area (Å²) in [6.07, 6.45) is 0. The Morgan fingerprint density at radius 3 is 1.00 bits per heavy atom. The summed E-state index contributed by atoms with van der Waals surface area (Å²) in [5.41, 5.74) is 0. The van der Waals surface area contributed by atoms with Crippen molar-refractivity contribution in [2.45, 2.75) is 0 Å². The summed E-state index contributed by atoms with van der Waals surface area (Å²) in [6.45, 7) is 0. The number of hydrogen-bond acceptors (Lipinski definition) is 0. The molecule has 0 aromatic rings. The van der Waals surface area contributed by atoms with Crippen LogP contribution >= 0.6 is 9.90 Å². The third-order valence-electron chi connectivity index (χ3n) is 0. The molecule has 0 nitrogen and oxygen atoms in total. The van der Waals surface area contributed by atoms with Crippen LogP contribution in [-0.4, -0.2) is 52.2 Å². The van der Waals surface area contributed by atoms with Crippen molar-refractivity contribution in [3.05, 3.63) is 0 Å². The minimum absolute atomic E-state index is 0. The van der Waals surface area contributed by atoms with Gasteiger partial charge < -0.3 is 0 Å². The first-order valence-corrected chi connectivity index (χ1v) is 0. The predicted octanol–water partition coefficient (Wildman–Crippen LogP) is -2.69. The van der Waals surface area contributed by atoms with Gasteiger partial charge in [-0.1, -0.05) is 0 Å². The Morgan fingerprint density at radius 1 is 1.00 bits per heavy atom. The van der Waals surface area contributed by atoms with Crippen molar-refractivity contribution in [2.24, 2.45) is 0 Å². The average Bonchev–Trinajstić information content (AvgIpc) is 0. The third-order valence-corrected chi connectivity index (χ3v) is 0. The van der Waals surface area contributed by atoms with Gasteiger partial charge in [-0.15, -0.1) is 0 Å². The first kappa shape index (κ1) is 38.8. The molecular weight excluding hydrogens is 232 g/mol. The van der Waals surface area contributed by atoms with Crippen molar-refractivity contribution in [3.8, 4) is 0 Å².